The molecular weight excluding hydrogens is 258 g/mol. The van der Waals surface area contributed by atoms with Gasteiger partial charge < -0.3 is 5.32 Å². The maximum atomic E-state index is 6.30. The van der Waals surface area contributed by atoms with E-state index in [-0.39, 0.29) is 0 Å². The third-order valence-electron chi connectivity index (χ3n) is 4.10. The first-order valence-corrected chi connectivity index (χ1v) is 7.45. The first-order chi connectivity index (χ1) is 9.25. The number of fused-ring (bicyclic) bond motifs is 1. The molecule has 2 unspecified atom stereocenters. The maximum absolute atomic E-state index is 6.30. The van der Waals surface area contributed by atoms with Crippen molar-refractivity contribution in [2.75, 3.05) is 6.54 Å². The minimum atomic E-state index is 0.355. The van der Waals surface area contributed by atoms with Gasteiger partial charge in [-0.25, -0.2) is 0 Å². The summed E-state index contributed by atoms with van der Waals surface area (Å²) in [4.78, 5) is 0. The normalized spacial score (nSPS) is 23.3. The van der Waals surface area contributed by atoms with Gasteiger partial charge >= 0.3 is 0 Å². The summed E-state index contributed by atoms with van der Waals surface area (Å²) in [5.74, 6) is 0.622. The van der Waals surface area contributed by atoms with E-state index in [1.807, 2.05) is 11.7 Å². The summed E-state index contributed by atoms with van der Waals surface area (Å²) in [6.45, 7) is 1.82. The molecule has 0 bridgehead atoms. The molecule has 4 heteroatoms. The number of aryl methyl sites for hydroxylation is 1. The number of hydrogen-bond acceptors (Lipinski definition) is 2. The second-order valence-electron chi connectivity index (χ2n) is 5.43. The highest BCUT2D eigenvalue weighted by Crippen LogP contribution is 2.29. The Morgan fingerprint density at radius 1 is 1.37 bits per heavy atom. The molecule has 0 spiro atoms. The van der Waals surface area contributed by atoms with Crippen molar-refractivity contribution < 1.29 is 0 Å². The van der Waals surface area contributed by atoms with Crippen molar-refractivity contribution >= 4 is 22.5 Å². The van der Waals surface area contributed by atoms with Gasteiger partial charge in [-0.1, -0.05) is 24.6 Å². The fourth-order valence-electron chi connectivity index (χ4n) is 3.02. The van der Waals surface area contributed by atoms with Gasteiger partial charge in [-0.15, -0.1) is 11.6 Å². The number of halogens is 1. The molecule has 0 saturated heterocycles. The third kappa shape index (κ3) is 2.63. The van der Waals surface area contributed by atoms with E-state index in [9.17, 15) is 0 Å². The fraction of sp³-hybridized carbons (Fsp3) is 0.533. The van der Waals surface area contributed by atoms with Crippen LogP contribution in [-0.4, -0.2) is 21.7 Å². The number of alkyl halides is 1. The molecule has 19 heavy (non-hydrogen) atoms. The molecule has 3 rings (SSSR count). The number of para-hydroxylation sites is 1. The third-order valence-corrected chi connectivity index (χ3v) is 4.67. The smallest absolute Gasteiger partial charge is 0.0841 e. The molecule has 1 saturated carbocycles. The molecule has 0 amide bonds. The Morgan fingerprint density at radius 3 is 3.00 bits per heavy atom. The quantitative estimate of drug-likeness (QED) is 0.871. The molecule has 1 aromatic heterocycles. The van der Waals surface area contributed by atoms with E-state index in [0.717, 1.165) is 18.8 Å². The average Bonchev–Trinajstić information content (AvgIpc) is 2.96. The summed E-state index contributed by atoms with van der Waals surface area (Å²) in [5, 5.41) is 9.71. The van der Waals surface area contributed by atoms with E-state index in [0.29, 0.717) is 11.3 Å². The minimum absolute atomic E-state index is 0.355. The van der Waals surface area contributed by atoms with Crippen LogP contribution in [0, 0.1) is 5.92 Å². The van der Waals surface area contributed by atoms with Crippen LogP contribution in [0.4, 0.5) is 0 Å². The molecule has 3 nitrogen and oxygen atoms in total. The van der Waals surface area contributed by atoms with Crippen LogP contribution < -0.4 is 5.32 Å². The lowest BCUT2D eigenvalue weighted by molar-refractivity contribution is 0.491. The zero-order chi connectivity index (χ0) is 13.2. The van der Waals surface area contributed by atoms with E-state index >= 15 is 0 Å². The van der Waals surface area contributed by atoms with E-state index < -0.39 is 0 Å². The van der Waals surface area contributed by atoms with Crippen LogP contribution >= 0.6 is 11.6 Å². The van der Waals surface area contributed by atoms with Gasteiger partial charge in [0.05, 0.1) is 11.2 Å². The molecule has 2 atom stereocenters. The summed E-state index contributed by atoms with van der Waals surface area (Å²) in [7, 11) is 2.00. The van der Waals surface area contributed by atoms with E-state index in [4.69, 9.17) is 11.6 Å². The minimum Gasteiger partial charge on any atom is -0.311 e. The predicted octanol–water partition coefficient (Wildman–Crippen LogP) is 3.07. The Morgan fingerprint density at radius 2 is 2.21 bits per heavy atom. The van der Waals surface area contributed by atoms with Gasteiger partial charge in [0.1, 0.15) is 0 Å². The highest BCUT2D eigenvalue weighted by molar-refractivity contribution is 6.20. The van der Waals surface area contributed by atoms with Gasteiger partial charge in [0.2, 0.25) is 0 Å². The molecular formula is C15H20ClN3. The molecule has 0 radical (unpaired) electrons. The van der Waals surface area contributed by atoms with Crippen molar-refractivity contribution in [2.24, 2.45) is 13.0 Å². The van der Waals surface area contributed by atoms with Crippen LogP contribution in [0.5, 0.6) is 0 Å². The highest BCUT2D eigenvalue weighted by atomic mass is 35.5. The second kappa shape index (κ2) is 5.51. The molecule has 1 fully saturated rings. The lowest BCUT2D eigenvalue weighted by atomic mass is 10.1. The molecule has 1 N–H and O–H groups in total. The first kappa shape index (κ1) is 12.9. The average molecular weight is 278 g/mol. The molecule has 1 aromatic carbocycles. The molecule has 102 valence electrons. The number of nitrogens with one attached hydrogen (secondary N) is 1. The Hall–Kier alpha value is -1.06. The highest BCUT2D eigenvalue weighted by Gasteiger charge is 2.24. The molecule has 1 aliphatic carbocycles. The summed E-state index contributed by atoms with van der Waals surface area (Å²) < 4.78 is 1.95. The number of hydrogen-bond donors (Lipinski definition) is 1. The number of nitrogens with zero attached hydrogens (tertiary/aromatic N) is 2. The molecule has 1 aliphatic rings. The van der Waals surface area contributed by atoms with Crippen molar-refractivity contribution in [1.29, 1.82) is 0 Å². The molecule has 1 heterocycles. The zero-order valence-corrected chi connectivity index (χ0v) is 12.0. The fourth-order valence-corrected chi connectivity index (χ4v) is 3.39. The van der Waals surface area contributed by atoms with Crippen LogP contribution in [0.15, 0.2) is 24.3 Å². The van der Waals surface area contributed by atoms with Crippen molar-refractivity contribution in [1.82, 2.24) is 15.1 Å². The summed E-state index contributed by atoms with van der Waals surface area (Å²) in [5.41, 5.74) is 2.32. The maximum Gasteiger partial charge on any atom is 0.0841 e. The van der Waals surface area contributed by atoms with Crippen LogP contribution in [0.25, 0.3) is 10.9 Å². The Balaban J connectivity index is 1.65. The number of aromatic nitrogens is 2. The number of benzene rings is 1. The van der Waals surface area contributed by atoms with Crippen LogP contribution in [0.2, 0.25) is 0 Å². The lowest BCUT2D eigenvalue weighted by Crippen LogP contribution is -2.25. The Bertz CT molecular complexity index is 564. The topological polar surface area (TPSA) is 29.9 Å². The van der Waals surface area contributed by atoms with E-state index in [1.54, 1.807) is 0 Å². The molecule has 0 aliphatic heterocycles. The van der Waals surface area contributed by atoms with Crippen molar-refractivity contribution in [3.8, 4) is 0 Å². The predicted molar refractivity (Wildman–Crippen MR) is 79.4 cm³/mol. The largest absolute Gasteiger partial charge is 0.311 e. The van der Waals surface area contributed by atoms with Crippen molar-refractivity contribution in [3.05, 3.63) is 30.0 Å². The SMILES string of the molecule is Cn1nc(CNCC2CCCC2Cl)c2ccccc21. The van der Waals surface area contributed by atoms with Gasteiger partial charge in [0.15, 0.2) is 0 Å². The summed E-state index contributed by atoms with van der Waals surface area (Å²) >= 11 is 6.30. The summed E-state index contributed by atoms with van der Waals surface area (Å²) in [6.07, 6.45) is 3.69. The molecule has 2 aromatic rings. The van der Waals surface area contributed by atoms with Gasteiger partial charge in [-0.2, -0.15) is 5.10 Å². The van der Waals surface area contributed by atoms with Gasteiger partial charge in [-0.3, -0.25) is 4.68 Å². The van der Waals surface area contributed by atoms with Crippen LogP contribution in [0.1, 0.15) is 25.0 Å². The monoisotopic (exact) mass is 277 g/mol. The second-order valence-corrected chi connectivity index (χ2v) is 5.99. The Kier molecular flexibility index (Phi) is 3.76. The summed E-state index contributed by atoms with van der Waals surface area (Å²) in [6, 6.07) is 8.37. The van der Waals surface area contributed by atoms with E-state index in [2.05, 4.69) is 34.7 Å². The van der Waals surface area contributed by atoms with Gasteiger partial charge in [0, 0.05) is 24.4 Å². The van der Waals surface area contributed by atoms with Crippen LogP contribution in [-0.2, 0) is 13.6 Å². The standard InChI is InChI=1S/C15H20ClN3/c1-19-15-8-3-2-6-12(15)14(18-19)10-17-9-11-5-4-7-13(11)16/h2-3,6,8,11,13,17H,4-5,7,9-10H2,1H3. The number of rotatable bonds is 4. The first-order valence-electron chi connectivity index (χ1n) is 7.01. The van der Waals surface area contributed by atoms with Gasteiger partial charge in [-0.05, 0) is 31.4 Å². The van der Waals surface area contributed by atoms with Gasteiger partial charge in [0.25, 0.3) is 0 Å². The lowest BCUT2D eigenvalue weighted by Gasteiger charge is -2.13. The van der Waals surface area contributed by atoms with Crippen molar-refractivity contribution in [3.63, 3.8) is 0 Å². The van der Waals surface area contributed by atoms with Crippen LogP contribution in [0.3, 0.4) is 0 Å². The van der Waals surface area contributed by atoms with Crippen molar-refractivity contribution in [2.45, 2.75) is 31.2 Å². The Labute approximate surface area is 118 Å². The zero-order valence-electron chi connectivity index (χ0n) is 11.3. The van der Waals surface area contributed by atoms with E-state index in [1.165, 1.54) is 30.2 Å².